The number of nitrogens with zero attached hydrogens (tertiary/aromatic N) is 1. The van der Waals surface area contributed by atoms with E-state index in [2.05, 4.69) is 5.32 Å². The van der Waals surface area contributed by atoms with Crippen LogP contribution in [0, 0.1) is 0 Å². The number of carboxylic acid groups (broad SMARTS) is 1. The summed E-state index contributed by atoms with van der Waals surface area (Å²) in [5.74, 6) is -2.04. The van der Waals surface area contributed by atoms with Gasteiger partial charge in [-0.2, -0.15) is 11.3 Å². The number of aliphatic carboxylic acids is 1. The number of nitrogens with one attached hydrogen (secondary N) is 1. The van der Waals surface area contributed by atoms with Crippen molar-refractivity contribution in [1.29, 1.82) is 0 Å². The fourth-order valence-corrected chi connectivity index (χ4v) is 2.63. The number of hydrogen-bond donors (Lipinski definition) is 3. The Balaban J connectivity index is 2.00. The van der Waals surface area contributed by atoms with E-state index in [-0.39, 0.29) is 6.04 Å². The van der Waals surface area contributed by atoms with Crippen LogP contribution in [0.25, 0.3) is 0 Å². The Bertz CT molecular complexity index is 528. The monoisotopic (exact) mass is 311 g/mol. The van der Waals surface area contributed by atoms with Gasteiger partial charge in [-0.15, -0.1) is 0 Å². The van der Waals surface area contributed by atoms with Crippen LogP contribution in [-0.2, 0) is 16.1 Å². The lowest BCUT2D eigenvalue weighted by Crippen LogP contribution is -2.49. The first kappa shape index (κ1) is 15.3. The van der Waals surface area contributed by atoms with Crippen molar-refractivity contribution >= 4 is 29.2 Å². The average Bonchev–Trinajstić information content (AvgIpc) is 3.11. The molecule has 2 rings (SSSR count). The molecule has 7 nitrogen and oxygen atoms in total. The summed E-state index contributed by atoms with van der Waals surface area (Å²) in [7, 11) is 0. The molecule has 0 aromatic carbocycles. The van der Waals surface area contributed by atoms with Gasteiger partial charge in [0.05, 0.1) is 6.42 Å². The van der Waals surface area contributed by atoms with Gasteiger partial charge in [-0.25, -0.2) is 9.59 Å². The maximum absolute atomic E-state index is 12.3. The van der Waals surface area contributed by atoms with E-state index >= 15 is 0 Å². The van der Waals surface area contributed by atoms with Crippen LogP contribution in [0.3, 0.4) is 0 Å². The van der Waals surface area contributed by atoms with Crippen molar-refractivity contribution in [3.05, 3.63) is 22.4 Å². The summed E-state index contributed by atoms with van der Waals surface area (Å²) in [5.41, 5.74) is 6.00. The second-order valence-corrected chi connectivity index (χ2v) is 5.78. The van der Waals surface area contributed by atoms with Crippen LogP contribution < -0.4 is 11.1 Å². The number of hydrogen-bond acceptors (Lipinski definition) is 4. The van der Waals surface area contributed by atoms with Crippen molar-refractivity contribution in [2.24, 2.45) is 5.73 Å². The van der Waals surface area contributed by atoms with Crippen LogP contribution in [0.5, 0.6) is 0 Å². The molecule has 0 spiro atoms. The molecule has 4 N–H and O–H groups in total. The Morgan fingerprint density at radius 3 is 2.67 bits per heavy atom. The van der Waals surface area contributed by atoms with Crippen LogP contribution in [0.1, 0.15) is 24.8 Å². The number of carbonyl (C=O) groups is 3. The summed E-state index contributed by atoms with van der Waals surface area (Å²) in [6.45, 7) is 0.433. The van der Waals surface area contributed by atoms with Crippen molar-refractivity contribution in [2.75, 3.05) is 0 Å². The molecule has 1 unspecified atom stereocenters. The lowest BCUT2D eigenvalue weighted by molar-refractivity contribution is -0.141. The molecule has 0 bridgehead atoms. The molecule has 1 aliphatic carbocycles. The Morgan fingerprint density at radius 2 is 2.19 bits per heavy atom. The number of nitrogens with two attached hydrogens (primary N) is 1. The summed E-state index contributed by atoms with van der Waals surface area (Å²) in [5, 5.41) is 15.3. The van der Waals surface area contributed by atoms with Gasteiger partial charge in [0, 0.05) is 12.6 Å². The second kappa shape index (κ2) is 6.57. The van der Waals surface area contributed by atoms with Crippen LogP contribution >= 0.6 is 11.3 Å². The van der Waals surface area contributed by atoms with Crippen LogP contribution in [0.2, 0.25) is 0 Å². The Morgan fingerprint density at radius 1 is 1.48 bits per heavy atom. The maximum atomic E-state index is 12.3. The fourth-order valence-electron chi connectivity index (χ4n) is 1.97. The molecule has 114 valence electrons. The number of carboxylic acids is 1. The maximum Gasteiger partial charge on any atom is 0.326 e. The molecule has 1 aromatic rings. The van der Waals surface area contributed by atoms with E-state index in [9.17, 15) is 14.4 Å². The molecule has 1 saturated carbocycles. The largest absolute Gasteiger partial charge is 0.480 e. The van der Waals surface area contributed by atoms with Gasteiger partial charge < -0.3 is 21.1 Å². The van der Waals surface area contributed by atoms with Gasteiger partial charge in [-0.3, -0.25) is 4.79 Å². The number of thiophene rings is 1. The Labute approximate surface area is 125 Å². The average molecular weight is 311 g/mol. The van der Waals surface area contributed by atoms with Gasteiger partial charge >= 0.3 is 12.0 Å². The molecule has 1 aliphatic rings. The number of primary amides is 1. The predicted octanol–water partition coefficient (Wildman–Crippen LogP) is 0.751. The van der Waals surface area contributed by atoms with Crippen LogP contribution in [0.15, 0.2) is 16.8 Å². The van der Waals surface area contributed by atoms with Crippen molar-refractivity contribution in [2.45, 2.75) is 37.9 Å². The third kappa shape index (κ3) is 4.45. The predicted molar refractivity (Wildman–Crippen MR) is 76.7 cm³/mol. The zero-order valence-electron chi connectivity index (χ0n) is 11.3. The zero-order valence-corrected chi connectivity index (χ0v) is 12.1. The van der Waals surface area contributed by atoms with Crippen LogP contribution in [0.4, 0.5) is 4.79 Å². The zero-order chi connectivity index (χ0) is 15.4. The molecule has 0 radical (unpaired) electrons. The van der Waals surface area contributed by atoms with Gasteiger partial charge in [0.25, 0.3) is 0 Å². The van der Waals surface area contributed by atoms with Crippen molar-refractivity contribution < 1.29 is 19.5 Å². The lowest BCUT2D eigenvalue weighted by atomic mass is 10.2. The van der Waals surface area contributed by atoms with Gasteiger partial charge in [-0.05, 0) is 35.2 Å². The molecule has 8 heteroatoms. The van der Waals surface area contributed by atoms with Gasteiger partial charge in [0.2, 0.25) is 5.91 Å². The highest BCUT2D eigenvalue weighted by atomic mass is 32.1. The molecule has 3 amide bonds. The second-order valence-electron chi connectivity index (χ2n) is 5.00. The molecule has 1 heterocycles. The van der Waals surface area contributed by atoms with E-state index in [4.69, 9.17) is 10.8 Å². The van der Waals surface area contributed by atoms with Gasteiger partial charge in [0.1, 0.15) is 6.04 Å². The summed E-state index contributed by atoms with van der Waals surface area (Å²) in [6, 6.07) is 0.287. The minimum absolute atomic E-state index is 0.132. The number of rotatable bonds is 7. The summed E-state index contributed by atoms with van der Waals surface area (Å²) < 4.78 is 0. The van der Waals surface area contributed by atoms with Crippen molar-refractivity contribution in [1.82, 2.24) is 10.2 Å². The highest BCUT2D eigenvalue weighted by Crippen LogP contribution is 2.28. The number of urea groups is 1. The van der Waals surface area contributed by atoms with Gasteiger partial charge in [-0.1, -0.05) is 0 Å². The van der Waals surface area contributed by atoms with E-state index < -0.39 is 30.4 Å². The Kier molecular flexibility index (Phi) is 4.79. The van der Waals surface area contributed by atoms with Crippen molar-refractivity contribution in [3.63, 3.8) is 0 Å². The van der Waals surface area contributed by atoms with E-state index in [1.807, 2.05) is 16.8 Å². The van der Waals surface area contributed by atoms with Gasteiger partial charge in [0.15, 0.2) is 0 Å². The molecular weight excluding hydrogens is 294 g/mol. The minimum Gasteiger partial charge on any atom is -0.480 e. The summed E-state index contributed by atoms with van der Waals surface area (Å²) >= 11 is 1.54. The fraction of sp³-hybridized carbons (Fsp3) is 0.462. The summed E-state index contributed by atoms with van der Waals surface area (Å²) in [6.07, 6.45) is 1.40. The molecule has 0 aliphatic heterocycles. The molecule has 0 saturated heterocycles. The van der Waals surface area contributed by atoms with E-state index in [0.29, 0.717) is 6.54 Å². The van der Waals surface area contributed by atoms with E-state index in [1.54, 1.807) is 4.90 Å². The van der Waals surface area contributed by atoms with Crippen molar-refractivity contribution in [3.8, 4) is 0 Å². The number of amides is 3. The number of carbonyl (C=O) groups excluding carboxylic acids is 2. The normalized spacial score (nSPS) is 15.2. The topological polar surface area (TPSA) is 113 Å². The van der Waals surface area contributed by atoms with Crippen LogP contribution in [-0.4, -0.2) is 40.0 Å². The summed E-state index contributed by atoms with van der Waals surface area (Å²) in [4.78, 5) is 35.8. The molecule has 1 atom stereocenters. The highest BCUT2D eigenvalue weighted by Gasteiger charge is 2.34. The first-order valence-corrected chi connectivity index (χ1v) is 7.51. The SMILES string of the molecule is NC(=O)CC(NC(=O)N(Cc1ccsc1)C1CC1)C(=O)O. The molecule has 21 heavy (non-hydrogen) atoms. The highest BCUT2D eigenvalue weighted by molar-refractivity contribution is 7.07. The lowest BCUT2D eigenvalue weighted by Gasteiger charge is -2.24. The molecular formula is C13H17N3O4S. The quantitative estimate of drug-likeness (QED) is 0.689. The first-order valence-electron chi connectivity index (χ1n) is 6.56. The van der Waals surface area contributed by atoms with E-state index in [1.165, 1.54) is 11.3 Å². The minimum atomic E-state index is -1.29. The Hall–Kier alpha value is -2.09. The molecule has 1 fully saturated rings. The third-order valence-corrected chi connectivity index (χ3v) is 3.91. The van der Waals surface area contributed by atoms with E-state index in [0.717, 1.165) is 18.4 Å². The molecule has 1 aromatic heterocycles. The first-order chi connectivity index (χ1) is 9.97. The third-order valence-electron chi connectivity index (χ3n) is 3.18. The standard InChI is InChI=1S/C13H17N3O4S/c14-11(17)5-10(12(18)19)15-13(20)16(9-1-2-9)6-8-3-4-21-7-8/h3-4,7,9-10H,1-2,5-6H2,(H2,14,17)(H,15,20)(H,18,19). The smallest absolute Gasteiger partial charge is 0.326 e.